The van der Waals surface area contributed by atoms with Gasteiger partial charge in [0.15, 0.2) is 0 Å². The number of hydrogen-bond donors (Lipinski definition) is 0. The fourth-order valence-electron chi connectivity index (χ4n) is 1.35. The molecule has 0 fully saturated rings. The zero-order chi connectivity index (χ0) is 10.4. The third kappa shape index (κ3) is 3.72. The van der Waals surface area contributed by atoms with Crippen LogP contribution in [0, 0.1) is 0 Å². The third-order valence-corrected chi connectivity index (χ3v) is 3.43. The first kappa shape index (κ1) is 12.2. The van der Waals surface area contributed by atoms with Crippen molar-refractivity contribution in [3.63, 3.8) is 0 Å². The maximum absolute atomic E-state index is 5.94. The molecule has 0 bridgehead atoms. The first-order chi connectivity index (χ1) is 6.77. The summed E-state index contributed by atoms with van der Waals surface area (Å²) < 4.78 is 0. The first-order valence-corrected chi connectivity index (χ1v) is 6.89. The number of thioether (sulfide) groups is 1. The van der Waals surface area contributed by atoms with Crippen LogP contribution >= 0.6 is 35.0 Å². The lowest BCUT2D eigenvalue weighted by molar-refractivity contribution is 0.748. The van der Waals surface area contributed by atoms with E-state index in [-0.39, 0.29) is 0 Å². The van der Waals surface area contributed by atoms with Gasteiger partial charge in [-0.1, -0.05) is 23.7 Å². The van der Waals surface area contributed by atoms with Crippen LogP contribution in [0.15, 0.2) is 24.3 Å². The average molecular weight is 249 g/mol. The maximum Gasteiger partial charge on any atom is 0.0408 e. The Hall–Kier alpha value is 0.150. The quantitative estimate of drug-likeness (QED) is 0.696. The highest BCUT2D eigenvalue weighted by molar-refractivity contribution is 7.98. The number of benzene rings is 1. The van der Waals surface area contributed by atoms with Crippen molar-refractivity contribution < 1.29 is 0 Å². The molecule has 0 amide bonds. The zero-order valence-corrected chi connectivity index (χ0v) is 10.5. The average Bonchev–Trinajstić information content (AvgIpc) is 2.19. The fourth-order valence-corrected chi connectivity index (χ4v) is 2.40. The van der Waals surface area contributed by atoms with Crippen molar-refractivity contribution in [3.8, 4) is 0 Å². The van der Waals surface area contributed by atoms with Gasteiger partial charge < -0.3 is 0 Å². The Balaban J connectivity index is 2.68. The lowest BCUT2D eigenvalue weighted by atomic mass is 9.99. The number of halogens is 2. The van der Waals surface area contributed by atoms with Gasteiger partial charge >= 0.3 is 0 Å². The summed E-state index contributed by atoms with van der Waals surface area (Å²) in [5.41, 5.74) is 1.25. The van der Waals surface area contributed by atoms with E-state index in [2.05, 4.69) is 12.3 Å². The Labute approximate surface area is 100.0 Å². The minimum absolute atomic E-state index is 0.433. The molecule has 3 heteroatoms. The topological polar surface area (TPSA) is 0 Å². The van der Waals surface area contributed by atoms with Crippen molar-refractivity contribution >= 4 is 35.0 Å². The summed E-state index contributed by atoms with van der Waals surface area (Å²) in [6, 6.07) is 7.98. The Morgan fingerprint density at radius 2 is 2.21 bits per heavy atom. The van der Waals surface area contributed by atoms with E-state index in [0.717, 1.165) is 17.2 Å². The molecular weight excluding hydrogens is 235 g/mol. The third-order valence-electron chi connectivity index (χ3n) is 2.18. The molecule has 0 aliphatic rings. The SMILES string of the molecule is CSCCC(CCl)c1cccc(Cl)c1. The Kier molecular flexibility index (Phi) is 5.76. The van der Waals surface area contributed by atoms with E-state index < -0.39 is 0 Å². The minimum Gasteiger partial charge on any atom is -0.165 e. The molecule has 0 spiro atoms. The lowest BCUT2D eigenvalue weighted by Crippen LogP contribution is -2.01. The lowest BCUT2D eigenvalue weighted by Gasteiger charge is -2.13. The van der Waals surface area contributed by atoms with E-state index in [1.807, 2.05) is 30.0 Å². The van der Waals surface area contributed by atoms with Crippen molar-refractivity contribution in [3.05, 3.63) is 34.9 Å². The summed E-state index contributed by atoms with van der Waals surface area (Å²) in [6.07, 6.45) is 3.23. The summed E-state index contributed by atoms with van der Waals surface area (Å²) >= 11 is 13.7. The number of rotatable bonds is 5. The van der Waals surface area contributed by atoms with Gasteiger partial charge in [0.2, 0.25) is 0 Å². The van der Waals surface area contributed by atoms with Gasteiger partial charge in [-0.05, 0) is 42.0 Å². The van der Waals surface area contributed by atoms with Crippen molar-refractivity contribution in [2.24, 2.45) is 0 Å². The van der Waals surface area contributed by atoms with E-state index in [1.54, 1.807) is 0 Å². The molecular formula is C11H14Cl2S. The van der Waals surface area contributed by atoms with Gasteiger partial charge in [0.1, 0.15) is 0 Å². The van der Waals surface area contributed by atoms with Gasteiger partial charge in [0.25, 0.3) is 0 Å². The summed E-state index contributed by atoms with van der Waals surface area (Å²) in [7, 11) is 0. The molecule has 0 nitrogen and oxygen atoms in total. The highest BCUT2D eigenvalue weighted by atomic mass is 35.5. The number of alkyl halides is 1. The van der Waals surface area contributed by atoms with E-state index in [0.29, 0.717) is 11.8 Å². The maximum atomic E-state index is 5.94. The second-order valence-electron chi connectivity index (χ2n) is 3.19. The van der Waals surface area contributed by atoms with E-state index in [1.165, 1.54) is 5.56 Å². The van der Waals surface area contributed by atoms with Crippen LogP contribution in [-0.2, 0) is 0 Å². The molecule has 78 valence electrons. The van der Waals surface area contributed by atoms with Crippen molar-refractivity contribution in [2.45, 2.75) is 12.3 Å². The van der Waals surface area contributed by atoms with Crippen LogP contribution in [0.4, 0.5) is 0 Å². The van der Waals surface area contributed by atoms with Crippen molar-refractivity contribution in [1.82, 2.24) is 0 Å². The van der Waals surface area contributed by atoms with Gasteiger partial charge in [0, 0.05) is 10.9 Å². The monoisotopic (exact) mass is 248 g/mol. The van der Waals surface area contributed by atoms with E-state index in [9.17, 15) is 0 Å². The van der Waals surface area contributed by atoms with Crippen LogP contribution in [-0.4, -0.2) is 17.9 Å². The standard InChI is InChI=1S/C11H14Cl2S/c1-14-6-5-10(8-12)9-3-2-4-11(13)7-9/h2-4,7,10H,5-6,8H2,1H3. The molecule has 0 radical (unpaired) electrons. The highest BCUT2D eigenvalue weighted by Crippen LogP contribution is 2.24. The summed E-state index contributed by atoms with van der Waals surface area (Å²) in [5.74, 6) is 2.24. The Bertz CT molecular complexity index is 276. The predicted octanol–water partition coefficient (Wildman–Crippen LogP) is 4.42. The van der Waals surface area contributed by atoms with Gasteiger partial charge in [-0.15, -0.1) is 11.6 Å². The first-order valence-electron chi connectivity index (χ1n) is 4.58. The van der Waals surface area contributed by atoms with Crippen LogP contribution in [0.25, 0.3) is 0 Å². The summed E-state index contributed by atoms with van der Waals surface area (Å²) in [6.45, 7) is 0. The molecule has 14 heavy (non-hydrogen) atoms. The molecule has 0 heterocycles. The van der Waals surface area contributed by atoms with Crippen LogP contribution in [0.3, 0.4) is 0 Å². The van der Waals surface area contributed by atoms with Crippen molar-refractivity contribution in [2.75, 3.05) is 17.9 Å². The fraction of sp³-hybridized carbons (Fsp3) is 0.455. The largest absolute Gasteiger partial charge is 0.165 e. The highest BCUT2D eigenvalue weighted by Gasteiger charge is 2.09. The van der Waals surface area contributed by atoms with E-state index >= 15 is 0 Å². The molecule has 1 aromatic carbocycles. The summed E-state index contributed by atoms with van der Waals surface area (Å²) in [5, 5.41) is 0.793. The van der Waals surface area contributed by atoms with Crippen molar-refractivity contribution in [1.29, 1.82) is 0 Å². The Morgan fingerprint density at radius 1 is 1.43 bits per heavy atom. The van der Waals surface area contributed by atoms with Crippen LogP contribution < -0.4 is 0 Å². The molecule has 0 aliphatic heterocycles. The van der Waals surface area contributed by atoms with Crippen LogP contribution in [0.2, 0.25) is 5.02 Å². The molecule has 1 atom stereocenters. The second-order valence-corrected chi connectivity index (χ2v) is 4.92. The van der Waals surface area contributed by atoms with Gasteiger partial charge in [-0.3, -0.25) is 0 Å². The second kappa shape index (κ2) is 6.60. The summed E-state index contributed by atoms with van der Waals surface area (Å²) in [4.78, 5) is 0. The molecule has 1 aromatic rings. The molecule has 0 aliphatic carbocycles. The van der Waals surface area contributed by atoms with Gasteiger partial charge in [-0.25, -0.2) is 0 Å². The van der Waals surface area contributed by atoms with Crippen LogP contribution in [0.1, 0.15) is 17.9 Å². The van der Waals surface area contributed by atoms with Crippen LogP contribution in [0.5, 0.6) is 0 Å². The molecule has 1 unspecified atom stereocenters. The minimum atomic E-state index is 0.433. The normalized spacial score (nSPS) is 12.8. The number of hydrogen-bond acceptors (Lipinski definition) is 1. The van der Waals surface area contributed by atoms with Gasteiger partial charge in [0.05, 0.1) is 0 Å². The Morgan fingerprint density at radius 3 is 2.79 bits per heavy atom. The molecule has 0 N–H and O–H groups in total. The molecule has 0 saturated heterocycles. The van der Waals surface area contributed by atoms with E-state index in [4.69, 9.17) is 23.2 Å². The predicted molar refractivity (Wildman–Crippen MR) is 67.9 cm³/mol. The molecule has 0 saturated carbocycles. The smallest absolute Gasteiger partial charge is 0.0408 e. The molecule has 1 rings (SSSR count). The molecule has 0 aromatic heterocycles. The van der Waals surface area contributed by atoms with Gasteiger partial charge in [-0.2, -0.15) is 11.8 Å². The zero-order valence-electron chi connectivity index (χ0n) is 8.17.